The van der Waals surface area contributed by atoms with Gasteiger partial charge in [-0.15, -0.1) is 4.89 Å². The SMILES string of the molecule is O=[P+](O)OC(F)(F)c1ccc(COCC(Cc2ccccc2)c2ccccc2)cc1Br. The number of hydrogen-bond donors (Lipinski definition) is 1. The number of benzene rings is 3. The van der Waals surface area contributed by atoms with Crippen LogP contribution in [0.1, 0.15) is 28.2 Å². The van der Waals surface area contributed by atoms with E-state index in [2.05, 4.69) is 44.7 Å². The molecule has 0 radical (unpaired) electrons. The third-order valence-electron chi connectivity index (χ3n) is 4.72. The quantitative estimate of drug-likeness (QED) is 0.308. The van der Waals surface area contributed by atoms with Gasteiger partial charge in [-0.05, 0) is 39.8 Å². The molecule has 0 amide bonds. The topological polar surface area (TPSA) is 55.8 Å². The molecule has 162 valence electrons. The Morgan fingerprint density at radius 1 is 0.968 bits per heavy atom. The summed E-state index contributed by atoms with van der Waals surface area (Å²) in [4.78, 5) is 8.63. The molecule has 3 rings (SSSR count). The van der Waals surface area contributed by atoms with Gasteiger partial charge in [0.25, 0.3) is 0 Å². The molecule has 0 fully saturated rings. The Balaban J connectivity index is 1.66. The molecule has 4 nitrogen and oxygen atoms in total. The van der Waals surface area contributed by atoms with Gasteiger partial charge in [-0.3, -0.25) is 0 Å². The van der Waals surface area contributed by atoms with Crippen molar-refractivity contribution in [3.63, 3.8) is 0 Å². The van der Waals surface area contributed by atoms with E-state index < -0.39 is 19.9 Å². The van der Waals surface area contributed by atoms with Crippen LogP contribution in [0.4, 0.5) is 8.78 Å². The molecule has 3 aromatic rings. The molecule has 0 saturated heterocycles. The molecule has 0 aliphatic carbocycles. The van der Waals surface area contributed by atoms with Crippen LogP contribution in [0.25, 0.3) is 0 Å². The fraction of sp³-hybridized carbons (Fsp3) is 0.217. The maximum Gasteiger partial charge on any atom is 0.701 e. The van der Waals surface area contributed by atoms with Gasteiger partial charge in [0.2, 0.25) is 0 Å². The summed E-state index contributed by atoms with van der Waals surface area (Å²) in [6, 6.07) is 24.4. The molecule has 1 N–H and O–H groups in total. The standard InChI is InChI=1S/C23H20BrF2O4P/c24-22-14-18(11-12-21(22)23(25,26)30-31(27)28)15-29-16-20(19-9-5-2-6-10-19)13-17-7-3-1-4-8-17/h1-12,14,20H,13,15-16H2/p+1. The third-order valence-corrected chi connectivity index (χ3v) is 5.77. The highest BCUT2D eigenvalue weighted by Crippen LogP contribution is 2.41. The zero-order valence-electron chi connectivity index (χ0n) is 16.5. The van der Waals surface area contributed by atoms with Gasteiger partial charge in [-0.25, -0.2) is 0 Å². The number of ether oxygens (including phenoxy) is 1. The van der Waals surface area contributed by atoms with Crippen molar-refractivity contribution in [2.75, 3.05) is 6.61 Å². The first kappa shape index (κ1) is 23.6. The Morgan fingerprint density at radius 3 is 2.23 bits per heavy atom. The van der Waals surface area contributed by atoms with Crippen LogP contribution in [0.2, 0.25) is 0 Å². The molecule has 0 heterocycles. The van der Waals surface area contributed by atoms with Crippen LogP contribution in [0.15, 0.2) is 83.3 Å². The van der Waals surface area contributed by atoms with Crippen molar-refractivity contribution < 1.29 is 27.5 Å². The summed E-state index contributed by atoms with van der Waals surface area (Å²) in [6.07, 6.45) is -3.06. The molecule has 3 aromatic carbocycles. The van der Waals surface area contributed by atoms with E-state index in [1.165, 1.54) is 17.7 Å². The van der Waals surface area contributed by atoms with Crippen LogP contribution in [0, 0.1) is 0 Å². The van der Waals surface area contributed by atoms with E-state index in [4.69, 9.17) is 9.63 Å². The van der Waals surface area contributed by atoms with Crippen molar-refractivity contribution in [3.8, 4) is 0 Å². The van der Waals surface area contributed by atoms with Crippen molar-refractivity contribution in [2.45, 2.75) is 25.1 Å². The fourth-order valence-electron chi connectivity index (χ4n) is 3.25. The van der Waals surface area contributed by atoms with Gasteiger partial charge >= 0.3 is 14.4 Å². The monoisotopic (exact) mass is 509 g/mol. The van der Waals surface area contributed by atoms with E-state index in [0.29, 0.717) is 12.2 Å². The molecule has 0 aliphatic heterocycles. The van der Waals surface area contributed by atoms with Crippen LogP contribution in [0.5, 0.6) is 0 Å². The van der Waals surface area contributed by atoms with Gasteiger partial charge in [0.1, 0.15) is 0 Å². The number of alkyl halides is 2. The van der Waals surface area contributed by atoms with Crippen LogP contribution < -0.4 is 0 Å². The van der Waals surface area contributed by atoms with Crippen molar-refractivity contribution in [1.29, 1.82) is 0 Å². The van der Waals surface area contributed by atoms with Gasteiger partial charge in [-0.1, -0.05) is 82.7 Å². The zero-order chi connectivity index (χ0) is 22.3. The van der Waals surface area contributed by atoms with E-state index in [-0.39, 0.29) is 17.0 Å². The maximum atomic E-state index is 13.9. The zero-order valence-corrected chi connectivity index (χ0v) is 18.9. The number of rotatable bonds is 10. The predicted molar refractivity (Wildman–Crippen MR) is 118 cm³/mol. The number of halogens is 3. The van der Waals surface area contributed by atoms with Crippen molar-refractivity contribution >= 4 is 24.2 Å². The van der Waals surface area contributed by atoms with Crippen LogP contribution in [-0.2, 0) is 33.0 Å². The molecule has 2 unspecified atom stereocenters. The largest absolute Gasteiger partial charge is 0.701 e. The molecule has 0 aliphatic rings. The van der Waals surface area contributed by atoms with E-state index in [0.717, 1.165) is 18.1 Å². The summed E-state index contributed by atoms with van der Waals surface area (Å²) in [6.45, 7) is 0.695. The van der Waals surface area contributed by atoms with Gasteiger partial charge in [0, 0.05) is 15.0 Å². The Morgan fingerprint density at radius 2 is 1.61 bits per heavy atom. The second-order valence-corrected chi connectivity index (χ2v) is 8.49. The molecular formula is C23H21BrF2O4P+. The maximum absolute atomic E-state index is 13.9. The molecule has 31 heavy (non-hydrogen) atoms. The number of hydrogen-bond acceptors (Lipinski definition) is 3. The van der Waals surface area contributed by atoms with Crippen LogP contribution >= 0.6 is 24.2 Å². The van der Waals surface area contributed by atoms with Gasteiger partial charge in [-0.2, -0.15) is 8.78 Å². The van der Waals surface area contributed by atoms with E-state index in [9.17, 15) is 13.3 Å². The Labute approximate surface area is 188 Å². The molecule has 0 bridgehead atoms. The normalized spacial score (nSPS) is 13.1. The molecule has 8 heteroatoms. The predicted octanol–water partition coefficient (Wildman–Crippen LogP) is 6.71. The van der Waals surface area contributed by atoms with Crippen LogP contribution in [-0.4, -0.2) is 11.5 Å². The fourth-order valence-corrected chi connectivity index (χ4v) is 4.20. The first-order valence-electron chi connectivity index (χ1n) is 9.54. The second-order valence-electron chi connectivity index (χ2n) is 6.97. The Hall–Kier alpha value is -2.02. The summed E-state index contributed by atoms with van der Waals surface area (Å²) in [7, 11) is -3.44. The summed E-state index contributed by atoms with van der Waals surface area (Å²) in [5.74, 6) is 0.143. The van der Waals surface area contributed by atoms with Gasteiger partial charge in [0.05, 0.1) is 18.8 Å². The third kappa shape index (κ3) is 6.99. The highest BCUT2D eigenvalue weighted by atomic mass is 79.9. The Bertz CT molecular complexity index is 1000. The summed E-state index contributed by atoms with van der Waals surface area (Å²) < 4.78 is 48.3. The average molecular weight is 510 g/mol. The average Bonchev–Trinajstić information content (AvgIpc) is 2.73. The lowest BCUT2D eigenvalue weighted by atomic mass is 9.93. The summed E-state index contributed by atoms with van der Waals surface area (Å²) in [5.41, 5.74) is 2.53. The second kappa shape index (κ2) is 11.0. The lowest BCUT2D eigenvalue weighted by Crippen LogP contribution is -2.15. The van der Waals surface area contributed by atoms with E-state index in [1.54, 1.807) is 0 Å². The van der Waals surface area contributed by atoms with Gasteiger partial charge in [0.15, 0.2) is 0 Å². The summed E-state index contributed by atoms with van der Waals surface area (Å²) >= 11 is 3.08. The first-order chi connectivity index (χ1) is 14.8. The minimum absolute atomic E-state index is 0.0688. The molecule has 2 atom stereocenters. The summed E-state index contributed by atoms with van der Waals surface area (Å²) in [5, 5.41) is 0. The minimum Gasteiger partial charge on any atom is -0.376 e. The highest BCUT2D eigenvalue weighted by molar-refractivity contribution is 9.10. The van der Waals surface area contributed by atoms with Crippen molar-refractivity contribution in [2.24, 2.45) is 0 Å². The first-order valence-corrected chi connectivity index (χ1v) is 11.5. The Kier molecular flexibility index (Phi) is 8.41. The van der Waals surface area contributed by atoms with Crippen molar-refractivity contribution in [1.82, 2.24) is 0 Å². The lowest BCUT2D eigenvalue weighted by Gasteiger charge is -2.18. The van der Waals surface area contributed by atoms with Crippen LogP contribution in [0.3, 0.4) is 0 Å². The minimum atomic E-state index is -3.88. The molecular weight excluding hydrogens is 489 g/mol. The van der Waals surface area contributed by atoms with E-state index >= 15 is 0 Å². The van der Waals surface area contributed by atoms with Gasteiger partial charge < -0.3 is 4.74 Å². The molecule has 0 saturated carbocycles. The molecule has 0 aromatic heterocycles. The van der Waals surface area contributed by atoms with E-state index in [1.807, 2.05) is 36.4 Å². The lowest BCUT2D eigenvalue weighted by molar-refractivity contribution is -0.186. The van der Waals surface area contributed by atoms with Crippen molar-refractivity contribution in [3.05, 3.63) is 106 Å². The highest BCUT2D eigenvalue weighted by Gasteiger charge is 2.44. The smallest absolute Gasteiger partial charge is 0.376 e. The molecule has 0 spiro atoms.